The predicted molar refractivity (Wildman–Crippen MR) is 192 cm³/mol. The Morgan fingerprint density at radius 3 is 1.13 bits per heavy atom. The average molecular weight is 599 g/mol. The van der Waals surface area contributed by atoms with E-state index in [2.05, 4.69) is 149 Å². The first kappa shape index (κ1) is 29.2. The van der Waals surface area contributed by atoms with Crippen molar-refractivity contribution in [2.75, 3.05) is 0 Å². The van der Waals surface area contributed by atoms with E-state index in [0.29, 0.717) is 0 Å². The summed E-state index contributed by atoms with van der Waals surface area (Å²) in [5.74, 6) is 1.78. The highest BCUT2D eigenvalue weighted by Crippen LogP contribution is 2.38. The maximum Gasteiger partial charge on any atom is 0.139 e. The molecule has 0 amide bonds. The van der Waals surface area contributed by atoms with E-state index < -0.39 is 0 Å². The van der Waals surface area contributed by atoms with Crippen molar-refractivity contribution in [2.45, 2.75) is 41.5 Å². The van der Waals surface area contributed by atoms with Crippen LogP contribution >= 0.6 is 0 Å². The fourth-order valence-corrected chi connectivity index (χ4v) is 6.92. The van der Waals surface area contributed by atoms with Gasteiger partial charge in [-0.25, -0.2) is 9.97 Å². The molecule has 0 aliphatic rings. The molecule has 7 aromatic rings. The molecule has 0 spiro atoms. The van der Waals surface area contributed by atoms with E-state index in [4.69, 9.17) is 9.97 Å². The van der Waals surface area contributed by atoms with Crippen LogP contribution in [0.5, 0.6) is 0 Å². The molecule has 4 heteroatoms. The lowest BCUT2D eigenvalue weighted by Crippen LogP contribution is -1.92. The first-order chi connectivity index (χ1) is 22.3. The lowest BCUT2D eigenvalue weighted by molar-refractivity contribution is 1.24. The maximum atomic E-state index is 5.24. The summed E-state index contributed by atoms with van der Waals surface area (Å²) < 4.78 is 0. The van der Waals surface area contributed by atoms with Gasteiger partial charge in [0.05, 0.1) is 22.8 Å². The van der Waals surface area contributed by atoms with Gasteiger partial charge in [-0.15, -0.1) is 0 Å². The number of aryl methyl sites for hydroxylation is 6. The molecule has 0 saturated carbocycles. The third-order valence-electron chi connectivity index (χ3n) is 8.79. The topological polar surface area (TPSA) is 57.4 Å². The smallest absolute Gasteiger partial charge is 0.139 e. The number of nitrogens with one attached hydrogen (secondary N) is 2. The molecule has 5 aromatic carbocycles. The molecule has 7 rings (SSSR count). The van der Waals surface area contributed by atoms with Crippen LogP contribution in [0.15, 0.2) is 109 Å². The number of H-pyrrole nitrogens is 2. The summed E-state index contributed by atoms with van der Waals surface area (Å²) in [5, 5.41) is 0. The Bertz CT molecular complexity index is 1980. The molecule has 0 saturated heterocycles. The van der Waals surface area contributed by atoms with Crippen LogP contribution in [0.3, 0.4) is 0 Å². The molecule has 0 aliphatic carbocycles. The molecule has 0 radical (unpaired) electrons. The molecule has 0 fully saturated rings. The van der Waals surface area contributed by atoms with Gasteiger partial charge in [-0.1, -0.05) is 120 Å². The third kappa shape index (κ3) is 5.37. The van der Waals surface area contributed by atoms with E-state index >= 15 is 0 Å². The van der Waals surface area contributed by atoms with Crippen molar-refractivity contribution >= 4 is 0 Å². The molecule has 0 bridgehead atoms. The molecular weight excluding hydrogens is 560 g/mol. The standard InChI is InChI=1S/C42H38N4/c1-25-21-27(3)35(28(4)22-25)41-43-37(31-13-9-7-10-14-31)39(45-41)33-17-19-34(20-18-33)40-38(32-15-11-8-12-16-32)44-42(46-40)36-29(5)23-26(2)24-30(36)6/h7-24H,1-6H3,(H,43,45)(H,44,46). The van der Waals surface area contributed by atoms with Crippen molar-refractivity contribution in [2.24, 2.45) is 0 Å². The molecule has 0 atom stereocenters. The number of benzene rings is 5. The number of hydrogen-bond donors (Lipinski definition) is 2. The summed E-state index contributed by atoms with van der Waals surface area (Å²) >= 11 is 0. The second-order valence-electron chi connectivity index (χ2n) is 12.5. The first-order valence-electron chi connectivity index (χ1n) is 15.8. The molecule has 2 aromatic heterocycles. The van der Waals surface area contributed by atoms with Gasteiger partial charge in [-0.2, -0.15) is 0 Å². The van der Waals surface area contributed by atoms with Crippen molar-refractivity contribution in [3.8, 4) is 67.8 Å². The van der Waals surface area contributed by atoms with E-state index in [9.17, 15) is 0 Å². The zero-order chi connectivity index (χ0) is 31.9. The van der Waals surface area contributed by atoms with Crippen LogP contribution in [-0.2, 0) is 0 Å². The Morgan fingerprint density at radius 1 is 0.391 bits per heavy atom. The Labute approximate surface area is 271 Å². The third-order valence-corrected chi connectivity index (χ3v) is 8.79. The second-order valence-corrected chi connectivity index (χ2v) is 12.5. The van der Waals surface area contributed by atoms with Crippen LogP contribution in [0.1, 0.15) is 33.4 Å². The number of rotatable bonds is 6. The Hall–Kier alpha value is -5.48. The lowest BCUT2D eigenvalue weighted by atomic mass is 9.99. The molecule has 2 N–H and O–H groups in total. The van der Waals surface area contributed by atoms with Crippen LogP contribution < -0.4 is 0 Å². The number of imidazole rings is 2. The molecule has 2 heterocycles. The number of aromatic nitrogens is 4. The van der Waals surface area contributed by atoms with Gasteiger partial charge in [-0.05, 0) is 63.8 Å². The minimum absolute atomic E-state index is 0.889. The highest BCUT2D eigenvalue weighted by atomic mass is 14.9. The van der Waals surface area contributed by atoms with E-state index in [0.717, 1.165) is 67.8 Å². The largest absolute Gasteiger partial charge is 0.337 e. The fourth-order valence-electron chi connectivity index (χ4n) is 6.92. The summed E-state index contributed by atoms with van der Waals surface area (Å²) in [6.07, 6.45) is 0. The Morgan fingerprint density at radius 2 is 0.717 bits per heavy atom. The molecule has 46 heavy (non-hydrogen) atoms. The lowest BCUT2D eigenvalue weighted by Gasteiger charge is -2.09. The minimum atomic E-state index is 0.889. The monoisotopic (exact) mass is 598 g/mol. The van der Waals surface area contributed by atoms with E-state index in [1.54, 1.807) is 0 Å². The van der Waals surface area contributed by atoms with E-state index in [1.165, 1.54) is 33.4 Å². The van der Waals surface area contributed by atoms with Crippen LogP contribution in [-0.4, -0.2) is 19.9 Å². The molecular formula is C42H38N4. The highest BCUT2D eigenvalue weighted by Gasteiger charge is 2.20. The molecule has 226 valence electrons. The molecule has 4 nitrogen and oxygen atoms in total. The van der Waals surface area contributed by atoms with Crippen molar-refractivity contribution in [1.29, 1.82) is 0 Å². The predicted octanol–water partition coefficient (Wildman–Crippen LogP) is 11.0. The summed E-state index contributed by atoms with van der Waals surface area (Å²) in [5.41, 5.74) is 17.9. The van der Waals surface area contributed by atoms with Gasteiger partial charge in [0, 0.05) is 33.4 Å². The van der Waals surface area contributed by atoms with Crippen molar-refractivity contribution < 1.29 is 0 Å². The summed E-state index contributed by atoms with van der Waals surface area (Å²) in [6, 6.07) is 38.5. The van der Waals surface area contributed by atoms with Crippen LogP contribution in [0.25, 0.3) is 67.8 Å². The first-order valence-corrected chi connectivity index (χ1v) is 15.8. The Balaban J connectivity index is 1.35. The average Bonchev–Trinajstić information content (AvgIpc) is 3.67. The van der Waals surface area contributed by atoms with E-state index in [-0.39, 0.29) is 0 Å². The number of hydrogen-bond acceptors (Lipinski definition) is 2. The number of aromatic amines is 2. The summed E-state index contributed by atoms with van der Waals surface area (Å²) in [7, 11) is 0. The number of nitrogens with zero attached hydrogens (tertiary/aromatic N) is 2. The van der Waals surface area contributed by atoms with Gasteiger partial charge in [0.25, 0.3) is 0 Å². The van der Waals surface area contributed by atoms with Crippen molar-refractivity contribution in [3.05, 3.63) is 143 Å². The van der Waals surface area contributed by atoms with Crippen LogP contribution in [0.2, 0.25) is 0 Å². The molecule has 0 unspecified atom stereocenters. The zero-order valence-electron chi connectivity index (χ0n) is 27.3. The van der Waals surface area contributed by atoms with Gasteiger partial charge in [0.1, 0.15) is 11.6 Å². The molecule has 0 aliphatic heterocycles. The summed E-state index contributed by atoms with van der Waals surface area (Å²) in [6.45, 7) is 12.9. The Kier molecular flexibility index (Phi) is 7.50. The fraction of sp³-hybridized carbons (Fsp3) is 0.143. The minimum Gasteiger partial charge on any atom is -0.337 e. The van der Waals surface area contributed by atoms with Gasteiger partial charge in [0.2, 0.25) is 0 Å². The van der Waals surface area contributed by atoms with Crippen molar-refractivity contribution in [3.63, 3.8) is 0 Å². The van der Waals surface area contributed by atoms with Crippen LogP contribution in [0.4, 0.5) is 0 Å². The normalized spacial score (nSPS) is 11.3. The highest BCUT2D eigenvalue weighted by molar-refractivity contribution is 5.86. The van der Waals surface area contributed by atoms with E-state index in [1.807, 2.05) is 12.1 Å². The van der Waals surface area contributed by atoms with Gasteiger partial charge in [0.15, 0.2) is 0 Å². The van der Waals surface area contributed by atoms with Crippen molar-refractivity contribution in [1.82, 2.24) is 19.9 Å². The van der Waals surface area contributed by atoms with Gasteiger partial charge in [-0.3, -0.25) is 0 Å². The quantitative estimate of drug-likeness (QED) is 0.200. The summed E-state index contributed by atoms with van der Waals surface area (Å²) in [4.78, 5) is 17.9. The zero-order valence-corrected chi connectivity index (χ0v) is 27.3. The SMILES string of the molecule is Cc1cc(C)c(-c2nc(-c3ccc(-c4[nH]c(-c5c(C)cc(C)cc5C)nc4-c4ccccc4)cc3)c(-c3ccccc3)[nH]2)c(C)c1. The van der Waals surface area contributed by atoms with Gasteiger partial charge < -0.3 is 9.97 Å². The second kappa shape index (κ2) is 11.8. The van der Waals surface area contributed by atoms with Crippen LogP contribution in [0, 0.1) is 41.5 Å². The van der Waals surface area contributed by atoms with Gasteiger partial charge >= 0.3 is 0 Å². The maximum absolute atomic E-state index is 5.24.